The van der Waals surface area contributed by atoms with Gasteiger partial charge in [0.1, 0.15) is 0 Å². The molecule has 1 aromatic carbocycles. The SMILES string of the molecule is Nc1cc2c(C(F)F)csc2cc1Cl. The maximum absolute atomic E-state index is 12.5. The van der Waals surface area contributed by atoms with Crippen LogP contribution in [0.5, 0.6) is 0 Å². The van der Waals surface area contributed by atoms with Crippen molar-refractivity contribution in [3.63, 3.8) is 0 Å². The number of fused-ring (bicyclic) bond motifs is 1. The molecular weight excluding hydrogens is 228 g/mol. The Hall–Kier alpha value is -0.870. The number of alkyl halides is 2. The molecule has 2 rings (SSSR count). The molecule has 0 radical (unpaired) electrons. The number of rotatable bonds is 1. The molecule has 0 spiro atoms. The highest BCUT2D eigenvalue weighted by Crippen LogP contribution is 2.36. The first-order chi connectivity index (χ1) is 6.59. The van der Waals surface area contributed by atoms with E-state index in [4.69, 9.17) is 17.3 Å². The average molecular weight is 234 g/mol. The number of hydrogen-bond acceptors (Lipinski definition) is 2. The zero-order valence-corrected chi connectivity index (χ0v) is 8.50. The first-order valence-electron chi connectivity index (χ1n) is 3.84. The zero-order valence-electron chi connectivity index (χ0n) is 6.93. The van der Waals surface area contributed by atoms with Crippen molar-refractivity contribution >= 4 is 38.7 Å². The third-order valence-electron chi connectivity index (χ3n) is 1.96. The lowest BCUT2D eigenvalue weighted by molar-refractivity contribution is 0.153. The van der Waals surface area contributed by atoms with Crippen molar-refractivity contribution < 1.29 is 8.78 Å². The van der Waals surface area contributed by atoms with Gasteiger partial charge in [0, 0.05) is 21.0 Å². The van der Waals surface area contributed by atoms with Gasteiger partial charge >= 0.3 is 0 Å². The van der Waals surface area contributed by atoms with Crippen molar-refractivity contribution in [3.8, 4) is 0 Å². The van der Waals surface area contributed by atoms with Crippen LogP contribution in [-0.2, 0) is 0 Å². The molecule has 0 aliphatic rings. The smallest absolute Gasteiger partial charge is 0.265 e. The fourth-order valence-corrected chi connectivity index (χ4v) is 2.46. The highest BCUT2D eigenvalue weighted by atomic mass is 35.5. The van der Waals surface area contributed by atoms with Gasteiger partial charge in [0.15, 0.2) is 0 Å². The molecule has 0 aliphatic heterocycles. The summed E-state index contributed by atoms with van der Waals surface area (Å²) < 4.78 is 25.7. The van der Waals surface area contributed by atoms with Gasteiger partial charge in [-0.2, -0.15) is 0 Å². The van der Waals surface area contributed by atoms with E-state index in [0.717, 1.165) is 4.70 Å². The van der Waals surface area contributed by atoms with Gasteiger partial charge < -0.3 is 5.73 Å². The van der Waals surface area contributed by atoms with Crippen molar-refractivity contribution in [2.45, 2.75) is 6.43 Å². The Morgan fingerprint density at radius 3 is 2.71 bits per heavy atom. The van der Waals surface area contributed by atoms with Gasteiger partial charge in [-0.25, -0.2) is 8.78 Å². The summed E-state index contributed by atoms with van der Waals surface area (Å²) in [7, 11) is 0. The summed E-state index contributed by atoms with van der Waals surface area (Å²) in [5, 5.41) is 2.33. The lowest BCUT2D eigenvalue weighted by atomic mass is 10.1. The number of nitrogen functional groups attached to an aromatic ring is 1. The van der Waals surface area contributed by atoms with Crippen LogP contribution in [0.1, 0.15) is 12.0 Å². The predicted octanol–water partition coefficient (Wildman–Crippen LogP) is 4.07. The van der Waals surface area contributed by atoms with Crippen LogP contribution in [0.4, 0.5) is 14.5 Å². The Labute approximate surface area is 88.1 Å². The number of anilines is 1. The van der Waals surface area contributed by atoms with Gasteiger partial charge in [-0.05, 0) is 12.1 Å². The van der Waals surface area contributed by atoms with E-state index in [0.29, 0.717) is 16.1 Å². The number of nitrogens with two attached hydrogens (primary N) is 1. The average Bonchev–Trinajstić information content (AvgIpc) is 2.48. The van der Waals surface area contributed by atoms with Crippen molar-refractivity contribution in [1.82, 2.24) is 0 Å². The third kappa shape index (κ3) is 1.44. The van der Waals surface area contributed by atoms with Crippen LogP contribution >= 0.6 is 22.9 Å². The Kier molecular flexibility index (Phi) is 2.33. The lowest BCUT2D eigenvalue weighted by Gasteiger charge is -2.00. The molecule has 14 heavy (non-hydrogen) atoms. The van der Waals surface area contributed by atoms with E-state index in [1.165, 1.54) is 22.8 Å². The van der Waals surface area contributed by atoms with Gasteiger partial charge in [0.25, 0.3) is 6.43 Å². The standard InChI is InChI=1S/C9H6ClF2NS/c10-6-2-8-4(1-7(6)13)5(3-14-8)9(11)12/h1-3,9H,13H2. The normalized spacial score (nSPS) is 11.4. The fourth-order valence-electron chi connectivity index (χ4n) is 1.25. The van der Waals surface area contributed by atoms with Crippen LogP contribution in [0.2, 0.25) is 5.02 Å². The molecule has 0 fully saturated rings. The minimum absolute atomic E-state index is 0.0216. The molecule has 2 N–H and O–H groups in total. The number of hydrogen-bond donors (Lipinski definition) is 1. The third-order valence-corrected chi connectivity index (χ3v) is 3.25. The van der Waals surface area contributed by atoms with Crippen LogP contribution in [-0.4, -0.2) is 0 Å². The molecule has 1 nitrogen and oxygen atoms in total. The van der Waals surface area contributed by atoms with Crippen molar-refractivity contribution in [2.24, 2.45) is 0 Å². The molecule has 2 aromatic rings. The predicted molar refractivity (Wildman–Crippen MR) is 56.2 cm³/mol. The Morgan fingerprint density at radius 2 is 2.07 bits per heavy atom. The second-order valence-electron chi connectivity index (χ2n) is 2.86. The van der Waals surface area contributed by atoms with E-state index < -0.39 is 6.43 Å². The summed E-state index contributed by atoms with van der Waals surface area (Å²) in [6.45, 7) is 0. The van der Waals surface area contributed by atoms with E-state index in [9.17, 15) is 8.78 Å². The summed E-state index contributed by atoms with van der Waals surface area (Å²) in [5.41, 5.74) is 5.90. The highest BCUT2D eigenvalue weighted by Gasteiger charge is 2.14. The maximum atomic E-state index is 12.5. The molecule has 0 unspecified atom stereocenters. The molecule has 0 saturated heterocycles. The van der Waals surface area contributed by atoms with E-state index in [2.05, 4.69) is 0 Å². The van der Waals surface area contributed by atoms with Crippen molar-refractivity contribution in [2.75, 3.05) is 5.73 Å². The number of thiophene rings is 1. The quantitative estimate of drug-likeness (QED) is 0.738. The van der Waals surface area contributed by atoms with Gasteiger partial charge in [-0.15, -0.1) is 11.3 Å². The molecule has 0 amide bonds. The molecule has 0 saturated carbocycles. The Balaban J connectivity index is 2.74. The zero-order chi connectivity index (χ0) is 10.3. The van der Waals surface area contributed by atoms with E-state index >= 15 is 0 Å². The van der Waals surface area contributed by atoms with Crippen LogP contribution in [0.25, 0.3) is 10.1 Å². The lowest BCUT2D eigenvalue weighted by Crippen LogP contribution is -1.86. The second-order valence-corrected chi connectivity index (χ2v) is 4.18. The summed E-state index contributed by atoms with van der Waals surface area (Å²) >= 11 is 7.02. The molecule has 1 heterocycles. The first kappa shape index (κ1) is 9.68. The summed E-state index contributed by atoms with van der Waals surface area (Å²) in [6, 6.07) is 3.11. The van der Waals surface area contributed by atoms with Crippen LogP contribution in [0.15, 0.2) is 17.5 Å². The molecule has 0 atom stereocenters. The molecule has 0 aliphatic carbocycles. The monoisotopic (exact) mass is 233 g/mol. The summed E-state index contributed by atoms with van der Waals surface area (Å²) in [6.07, 6.45) is -2.47. The second kappa shape index (κ2) is 3.37. The Bertz CT molecular complexity index is 481. The van der Waals surface area contributed by atoms with Gasteiger partial charge in [0.05, 0.1) is 10.7 Å². The van der Waals surface area contributed by atoms with Gasteiger partial charge in [0.2, 0.25) is 0 Å². The van der Waals surface area contributed by atoms with Crippen LogP contribution in [0, 0.1) is 0 Å². The Morgan fingerprint density at radius 1 is 1.36 bits per heavy atom. The molecule has 74 valence electrons. The van der Waals surface area contributed by atoms with Crippen molar-refractivity contribution in [1.29, 1.82) is 0 Å². The highest BCUT2D eigenvalue weighted by molar-refractivity contribution is 7.17. The molecule has 0 bridgehead atoms. The molecule has 5 heteroatoms. The van der Waals surface area contributed by atoms with E-state index in [1.54, 1.807) is 6.07 Å². The number of halogens is 3. The first-order valence-corrected chi connectivity index (χ1v) is 5.09. The van der Waals surface area contributed by atoms with E-state index in [-0.39, 0.29) is 5.56 Å². The topological polar surface area (TPSA) is 26.0 Å². The van der Waals surface area contributed by atoms with Gasteiger partial charge in [-0.1, -0.05) is 11.6 Å². The number of benzene rings is 1. The fraction of sp³-hybridized carbons (Fsp3) is 0.111. The summed E-state index contributed by atoms with van der Waals surface area (Å²) in [5.74, 6) is 0. The maximum Gasteiger partial charge on any atom is 0.265 e. The van der Waals surface area contributed by atoms with Gasteiger partial charge in [-0.3, -0.25) is 0 Å². The van der Waals surface area contributed by atoms with Crippen molar-refractivity contribution in [3.05, 3.63) is 28.1 Å². The van der Waals surface area contributed by atoms with Crippen LogP contribution < -0.4 is 5.73 Å². The van der Waals surface area contributed by atoms with E-state index in [1.807, 2.05) is 0 Å². The summed E-state index contributed by atoms with van der Waals surface area (Å²) in [4.78, 5) is 0. The molecule has 1 aromatic heterocycles. The largest absolute Gasteiger partial charge is 0.398 e. The molecular formula is C9H6ClF2NS. The van der Waals surface area contributed by atoms with Crippen LogP contribution in [0.3, 0.4) is 0 Å². The minimum Gasteiger partial charge on any atom is -0.398 e. The minimum atomic E-state index is -2.47.